The minimum Gasteiger partial charge on any atom is -0.493 e. The molecule has 35 heavy (non-hydrogen) atoms. The zero-order valence-corrected chi connectivity index (χ0v) is 20.3. The molecule has 186 valence electrons. The van der Waals surface area contributed by atoms with Gasteiger partial charge >= 0.3 is 5.97 Å². The summed E-state index contributed by atoms with van der Waals surface area (Å²) in [7, 11) is 1.66. The molecule has 0 spiro atoms. The van der Waals surface area contributed by atoms with E-state index in [0.717, 1.165) is 35.6 Å². The number of carboxylic acids is 1. The molecule has 1 amide bonds. The molecule has 7 nitrogen and oxygen atoms in total. The van der Waals surface area contributed by atoms with Gasteiger partial charge in [0.1, 0.15) is 5.41 Å². The van der Waals surface area contributed by atoms with Crippen LogP contribution in [0.25, 0.3) is 0 Å². The number of benzene rings is 2. The summed E-state index contributed by atoms with van der Waals surface area (Å²) >= 11 is 0. The van der Waals surface area contributed by atoms with Crippen LogP contribution in [-0.2, 0) is 16.0 Å². The molecule has 5 rings (SSSR count). The summed E-state index contributed by atoms with van der Waals surface area (Å²) in [5.74, 6) is 0.267. The number of piperazine rings is 1. The molecule has 3 fully saturated rings. The number of rotatable bonds is 8. The number of methoxy groups -OCH3 is 1. The normalized spacial score (nSPS) is 21.6. The summed E-state index contributed by atoms with van der Waals surface area (Å²) < 4.78 is 11.9. The Bertz CT molecular complexity index is 1060. The molecule has 1 N–H and O–H groups in total. The second kappa shape index (κ2) is 9.80. The van der Waals surface area contributed by atoms with Gasteiger partial charge in [-0.3, -0.25) is 9.59 Å². The Kier molecular flexibility index (Phi) is 6.58. The molecule has 0 bridgehead atoms. The van der Waals surface area contributed by atoms with Gasteiger partial charge in [-0.25, -0.2) is 0 Å². The highest BCUT2D eigenvalue weighted by Gasteiger charge is 2.59. The first-order valence-electron chi connectivity index (χ1n) is 12.7. The highest BCUT2D eigenvalue weighted by Crippen LogP contribution is 2.48. The molecule has 2 aromatic carbocycles. The minimum atomic E-state index is -1.22. The lowest BCUT2D eigenvalue weighted by atomic mass is 9.97. The summed E-state index contributed by atoms with van der Waals surface area (Å²) in [6.07, 6.45) is 6.30. The van der Waals surface area contributed by atoms with Crippen molar-refractivity contribution in [3.63, 3.8) is 0 Å². The van der Waals surface area contributed by atoms with E-state index in [-0.39, 0.29) is 18.1 Å². The van der Waals surface area contributed by atoms with E-state index in [4.69, 9.17) is 9.47 Å². The van der Waals surface area contributed by atoms with Crippen LogP contribution in [0, 0.1) is 5.41 Å². The molecule has 2 aliphatic carbocycles. The molecule has 0 radical (unpaired) electrons. The van der Waals surface area contributed by atoms with Crippen LogP contribution in [0.2, 0.25) is 0 Å². The largest absolute Gasteiger partial charge is 0.493 e. The highest BCUT2D eigenvalue weighted by atomic mass is 16.5. The maximum absolute atomic E-state index is 13.4. The van der Waals surface area contributed by atoms with E-state index in [9.17, 15) is 14.7 Å². The molecule has 3 aliphatic rings. The van der Waals surface area contributed by atoms with Crippen LogP contribution in [0.3, 0.4) is 0 Å². The minimum absolute atomic E-state index is 0.114. The Balaban J connectivity index is 1.38. The highest BCUT2D eigenvalue weighted by molar-refractivity contribution is 6.05. The number of nitrogens with zero attached hydrogens (tertiary/aromatic N) is 2. The standard InChI is InChI=1S/C28H34N2O5/c1-34-24-12-11-21(18-25(24)35-23-9-5-6-10-23)29-15-16-30(26(31)28(13-14-28)27(32)33)22(19-29)17-20-7-3-2-4-8-20/h2-4,7-8,11-12,18,22-23H,5-6,9-10,13-17,19H2,1H3,(H,32,33). The van der Waals surface area contributed by atoms with Crippen molar-refractivity contribution in [1.82, 2.24) is 4.90 Å². The lowest BCUT2D eigenvalue weighted by Crippen LogP contribution is -2.58. The lowest BCUT2D eigenvalue weighted by molar-refractivity contribution is -0.154. The van der Waals surface area contributed by atoms with Crippen molar-refractivity contribution in [2.24, 2.45) is 5.41 Å². The van der Waals surface area contributed by atoms with Crippen LogP contribution < -0.4 is 14.4 Å². The summed E-state index contributed by atoms with van der Waals surface area (Å²) in [6.45, 7) is 1.77. The van der Waals surface area contributed by atoms with Gasteiger partial charge in [-0.05, 0) is 62.6 Å². The molecule has 0 aromatic heterocycles. The van der Waals surface area contributed by atoms with Gasteiger partial charge in [0.25, 0.3) is 0 Å². The molecule has 1 saturated heterocycles. The summed E-state index contributed by atoms with van der Waals surface area (Å²) in [4.78, 5) is 29.4. The zero-order valence-electron chi connectivity index (χ0n) is 20.3. The quantitative estimate of drug-likeness (QED) is 0.575. The number of ether oxygens (including phenoxy) is 2. The molecule has 1 heterocycles. The van der Waals surface area contributed by atoms with Crippen molar-refractivity contribution in [3.8, 4) is 11.5 Å². The van der Waals surface area contributed by atoms with Gasteiger partial charge in [0, 0.05) is 31.4 Å². The average molecular weight is 479 g/mol. The molecular formula is C28H34N2O5. The predicted octanol–water partition coefficient (Wildman–Crippen LogP) is 4.14. The van der Waals surface area contributed by atoms with E-state index in [2.05, 4.69) is 17.0 Å². The zero-order chi connectivity index (χ0) is 24.4. The van der Waals surface area contributed by atoms with Crippen LogP contribution in [-0.4, -0.2) is 60.8 Å². The molecule has 1 aliphatic heterocycles. The molecular weight excluding hydrogens is 444 g/mol. The van der Waals surface area contributed by atoms with Crippen LogP contribution in [0.1, 0.15) is 44.1 Å². The van der Waals surface area contributed by atoms with E-state index >= 15 is 0 Å². The number of aliphatic carboxylic acids is 1. The summed E-state index contributed by atoms with van der Waals surface area (Å²) in [6, 6.07) is 16.0. The molecule has 7 heteroatoms. The lowest BCUT2D eigenvalue weighted by Gasteiger charge is -2.43. The van der Waals surface area contributed by atoms with Crippen molar-refractivity contribution < 1.29 is 24.2 Å². The Morgan fingerprint density at radius 1 is 1.03 bits per heavy atom. The van der Waals surface area contributed by atoms with Crippen molar-refractivity contribution in [1.29, 1.82) is 0 Å². The van der Waals surface area contributed by atoms with Crippen molar-refractivity contribution in [3.05, 3.63) is 54.1 Å². The Hall–Kier alpha value is -3.22. The SMILES string of the molecule is COc1ccc(N2CCN(C(=O)C3(C(=O)O)CC3)C(Cc3ccccc3)C2)cc1OC1CCCC1. The van der Waals surface area contributed by atoms with Crippen molar-refractivity contribution in [2.45, 2.75) is 57.1 Å². The Morgan fingerprint density at radius 2 is 1.77 bits per heavy atom. The smallest absolute Gasteiger partial charge is 0.319 e. The number of hydrogen-bond acceptors (Lipinski definition) is 5. The monoisotopic (exact) mass is 478 g/mol. The van der Waals surface area contributed by atoms with Gasteiger partial charge in [0.2, 0.25) is 5.91 Å². The first kappa shape index (κ1) is 23.5. The molecule has 1 atom stereocenters. The number of carbonyl (C=O) groups is 2. The van der Waals surface area contributed by atoms with Crippen molar-refractivity contribution in [2.75, 3.05) is 31.6 Å². The van der Waals surface area contributed by atoms with Gasteiger partial charge in [-0.1, -0.05) is 30.3 Å². The van der Waals surface area contributed by atoms with Gasteiger partial charge in [0.05, 0.1) is 19.3 Å². The van der Waals surface area contributed by atoms with Gasteiger partial charge in [-0.15, -0.1) is 0 Å². The topological polar surface area (TPSA) is 79.3 Å². The van der Waals surface area contributed by atoms with Crippen molar-refractivity contribution >= 4 is 17.6 Å². The van der Waals surface area contributed by atoms with Crippen LogP contribution >= 0.6 is 0 Å². The second-order valence-corrected chi connectivity index (χ2v) is 10.0. The predicted molar refractivity (Wildman–Crippen MR) is 133 cm³/mol. The third kappa shape index (κ3) is 4.81. The fourth-order valence-electron chi connectivity index (χ4n) is 5.48. The fourth-order valence-corrected chi connectivity index (χ4v) is 5.48. The number of carboxylic acid groups (broad SMARTS) is 1. The third-order valence-corrected chi connectivity index (χ3v) is 7.73. The fraction of sp³-hybridized carbons (Fsp3) is 0.500. The van der Waals surface area contributed by atoms with E-state index in [1.165, 1.54) is 12.8 Å². The van der Waals surface area contributed by atoms with E-state index in [1.807, 2.05) is 41.3 Å². The maximum atomic E-state index is 13.4. The van der Waals surface area contributed by atoms with Crippen LogP contribution in [0.5, 0.6) is 11.5 Å². The Morgan fingerprint density at radius 3 is 2.43 bits per heavy atom. The molecule has 2 saturated carbocycles. The maximum Gasteiger partial charge on any atom is 0.319 e. The van der Waals surface area contributed by atoms with Crippen LogP contribution in [0.15, 0.2) is 48.5 Å². The van der Waals surface area contributed by atoms with Gasteiger partial charge < -0.3 is 24.4 Å². The first-order chi connectivity index (χ1) is 17.0. The van der Waals surface area contributed by atoms with E-state index in [1.54, 1.807) is 7.11 Å². The Labute approximate surface area is 206 Å². The van der Waals surface area contributed by atoms with Gasteiger partial charge in [-0.2, -0.15) is 0 Å². The molecule has 1 unspecified atom stereocenters. The number of amides is 1. The van der Waals surface area contributed by atoms with Gasteiger partial charge in [0.15, 0.2) is 11.5 Å². The third-order valence-electron chi connectivity index (χ3n) is 7.73. The number of carbonyl (C=O) groups excluding carboxylic acids is 1. The van der Waals surface area contributed by atoms with E-state index in [0.29, 0.717) is 38.9 Å². The summed E-state index contributed by atoms with van der Waals surface area (Å²) in [5, 5.41) is 9.72. The molecule has 2 aromatic rings. The first-order valence-corrected chi connectivity index (χ1v) is 12.7. The number of hydrogen-bond donors (Lipinski definition) is 1. The van der Waals surface area contributed by atoms with E-state index < -0.39 is 11.4 Å². The average Bonchev–Trinajstić information content (AvgIpc) is 3.55. The second-order valence-electron chi connectivity index (χ2n) is 10.0. The summed E-state index contributed by atoms with van der Waals surface area (Å²) in [5.41, 5.74) is 0.945. The van der Waals surface area contributed by atoms with Crippen LogP contribution in [0.4, 0.5) is 5.69 Å². The number of anilines is 1.